The van der Waals surface area contributed by atoms with Crippen molar-refractivity contribution in [2.24, 2.45) is 0 Å². The van der Waals surface area contributed by atoms with Gasteiger partial charge in [-0.25, -0.2) is 4.39 Å². The molecule has 1 aliphatic rings. The van der Waals surface area contributed by atoms with E-state index in [1.807, 2.05) is 0 Å². The molecular weight excluding hydrogens is 303 g/mol. The zero-order valence-corrected chi connectivity index (χ0v) is 12.7. The monoisotopic (exact) mass is 322 g/mol. The fourth-order valence-electron chi connectivity index (χ4n) is 2.25. The van der Waals surface area contributed by atoms with Crippen LogP contribution in [0, 0.1) is 0 Å². The third-order valence-corrected chi connectivity index (χ3v) is 2.96. The summed E-state index contributed by atoms with van der Waals surface area (Å²) in [4.78, 5) is 33.6. The number of aliphatic hydroxyl groups excluding tert-OH is 1. The predicted octanol–water partition coefficient (Wildman–Crippen LogP) is -0.142. The summed E-state index contributed by atoms with van der Waals surface area (Å²) in [5, 5.41) is 9.30. The van der Waals surface area contributed by atoms with Crippen LogP contribution < -0.4 is 0 Å². The zero-order chi connectivity index (χ0) is 17.1. The summed E-state index contributed by atoms with van der Waals surface area (Å²) in [6, 6.07) is 0. The van der Waals surface area contributed by atoms with E-state index in [0.29, 0.717) is 0 Å². The minimum atomic E-state index is -2.55. The van der Waals surface area contributed by atoms with Crippen LogP contribution in [0.15, 0.2) is 0 Å². The first-order chi connectivity index (χ1) is 10.1. The standard InChI is InChI=1S/C13H19FO8/c1-6(16)19-10-9(5-15)22-13(4,14)12(21-8(3)18)11(10)20-7(2)17/h9-12,15H,5H2,1-4H3/t9-,10-,11+,12-,13-/m1/s1. The lowest BCUT2D eigenvalue weighted by atomic mass is 9.93. The molecule has 0 radical (unpaired) electrons. The number of halogens is 1. The number of esters is 3. The Morgan fingerprint density at radius 1 is 1.05 bits per heavy atom. The highest BCUT2D eigenvalue weighted by atomic mass is 19.2. The van der Waals surface area contributed by atoms with Gasteiger partial charge in [0.05, 0.1) is 6.61 Å². The fraction of sp³-hybridized carbons (Fsp3) is 0.769. The second-order valence-corrected chi connectivity index (χ2v) is 5.00. The Bertz CT molecular complexity index is 449. The molecule has 8 nitrogen and oxygen atoms in total. The van der Waals surface area contributed by atoms with Gasteiger partial charge in [-0.1, -0.05) is 0 Å². The Morgan fingerprint density at radius 2 is 1.50 bits per heavy atom. The van der Waals surface area contributed by atoms with Crippen molar-refractivity contribution in [1.82, 2.24) is 0 Å². The Balaban J connectivity index is 3.21. The van der Waals surface area contributed by atoms with Gasteiger partial charge in [0, 0.05) is 20.8 Å². The molecule has 126 valence electrons. The highest BCUT2D eigenvalue weighted by Crippen LogP contribution is 2.36. The molecular formula is C13H19FO8. The van der Waals surface area contributed by atoms with Gasteiger partial charge in [-0.3, -0.25) is 14.4 Å². The second kappa shape index (κ2) is 7.01. The topological polar surface area (TPSA) is 108 Å². The van der Waals surface area contributed by atoms with E-state index in [-0.39, 0.29) is 0 Å². The van der Waals surface area contributed by atoms with Crippen LogP contribution >= 0.6 is 0 Å². The van der Waals surface area contributed by atoms with E-state index in [4.69, 9.17) is 18.9 Å². The second-order valence-electron chi connectivity index (χ2n) is 5.00. The number of aliphatic hydroxyl groups is 1. The first-order valence-electron chi connectivity index (χ1n) is 6.57. The summed E-state index contributed by atoms with van der Waals surface area (Å²) in [5.74, 6) is -4.93. The molecule has 1 heterocycles. The molecule has 1 fully saturated rings. The van der Waals surface area contributed by atoms with Crippen LogP contribution in [0.5, 0.6) is 0 Å². The molecule has 1 saturated heterocycles. The Morgan fingerprint density at radius 3 is 1.91 bits per heavy atom. The van der Waals surface area contributed by atoms with Gasteiger partial charge in [0.25, 0.3) is 0 Å². The maximum absolute atomic E-state index is 14.6. The van der Waals surface area contributed by atoms with Crippen LogP contribution in [0.25, 0.3) is 0 Å². The first kappa shape index (κ1) is 18.3. The molecule has 0 aliphatic carbocycles. The number of alkyl halides is 1. The number of carbonyl (C=O) groups is 3. The minimum Gasteiger partial charge on any atom is -0.456 e. The van der Waals surface area contributed by atoms with E-state index in [9.17, 15) is 23.9 Å². The summed E-state index contributed by atoms with van der Waals surface area (Å²) < 4.78 is 34.4. The number of rotatable bonds is 4. The van der Waals surface area contributed by atoms with Gasteiger partial charge >= 0.3 is 17.9 Å². The van der Waals surface area contributed by atoms with E-state index < -0.39 is 54.8 Å². The zero-order valence-electron chi connectivity index (χ0n) is 12.7. The summed E-state index contributed by atoms with van der Waals surface area (Å²) >= 11 is 0. The van der Waals surface area contributed by atoms with Crippen LogP contribution in [-0.4, -0.2) is 59.9 Å². The normalized spacial score (nSPS) is 34.6. The van der Waals surface area contributed by atoms with E-state index >= 15 is 0 Å². The number of carbonyl (C=O) groups excluding carboxylic acids is 3. The third kappa shape index (κ3) is 4.38. The lowest BCUT2D eigenvalue weighted by Crippen LogP contribution is -2.65. The molecule has 0 aromatic heterocycles. The van der Waals surface area contributed by atoms with Crippen molar-refractivity contribution < 1.29 is 42.8 Å². The fourth-order valence-corrected chi connectivity index (χ4v) is 2.25. The molecule has 0 aromatic rings. The summed E-state index contributed by atoms with van der Waals surface area (Å²) in [5.41, 5.74) is 0. The SMILES string of the molecule is CC(=O)O[C@H]1[C@H](OC(C)=O)[C@@H](CO)O[C@@](C)(F)[C@@H]1OC(C)=O. The van der Waals surface area contributed by atoms with Gasteiger partial charge in [-0.15, -0.1) is 0 Å². The number of ether oxygens (including phenoxy) is 4. The molecule has 0 aromatic carbocycles. The quantitative estimate of drug-likeness (QED) is 0.563. The van der Waals surface area contributed by atoms with E-state index in [2.05, 4.69) is 0 Å². The van der Waals surface area contributed by atoms with Crippen LogP contribution in [0.3, 0.4) is 0 Å². The molecule has 0 unspecified atom stereocenters. The van der Waals surface area contributed by atoms with Gasteiger partial charge in [0.1, 0.15) is 6.10 Å². The van der Waals surface area contributed by atoms with Crippen LogP contribution in [0.2, 0.25) is 0 Å². The van der Waals surface area contributed by atoms with Crippen LogP contribution in [-0.2, 0) is 33.3 Å². The molecule has 9 heteroatoms. The summed E-state index contributed by atoms with van der Waals surface area (Å²) in [6.07, 6.45) is -5.71. The van der Waals surface area contributed by atoms with Crippen LogP contribution in [0.4, 0.5) is 4.39 Å². The number of hydrogen-bond donors (Lipinski definition) is 1. The van der Waals surface area contributed by atoms with Crippen molar-refractivity contribution in [3.05, 3.63) is 0 Å². The van der Waals surface area contributed by atoms with Gasteiger partial charge in [-0.05, 0) is 6.92 Å². The van der Waals surface area contributed by atoms with Crippen molar-refractivity contribution in [3.8, 4) is 0 Å². The van der Waals surface area contributed by atoms with Crippen molar-refractivity contribution >= 4 is 17.9 Å². The highest BCUT2D eigenvalue weighted by Gasteiger charge is 2.58. The van der Waals surface area contributed by atoms with Crippen molar-refractivity contribution in [2.45, 2.75) is 58.0 Å². The molecule has 1 rings (SSSR count). The predicted molar refractivity (Wildman–Crippen MR) is 68.1 cm³/mol. The highest BCUT2D eigenvalue weighted by molar-refractivity contribution is 5.68. The molecule has 5 atom stereocenters. The van der Waals surface area contributed by atoms with Crippen molar-refractivity contribution in [3.63, 3.8) is 0 Å². The van der Waals surface area contributed by atoms with Crippen molar-refractivity contribution in [2.75, 3.05) is 6.61 Å². The molecule has 1 aliphatic heterocycles. The van der Waals surface area contributed by atoms with E-state index in [1.54, 1.807) is 0 Å². The van der Waals surface area contributed by atoms with E-state index in [0.717, 1.165) is 27.7 Å². The minimum absolute atomic E-state index is 0.692. The Kier molecular flexibility index (Phi) is 5.84. The molecule has 0 saturated carbocycles. The maximum atomic E-state index is 14.6. The van der Waals surface area contributed by atoms with Crippen LogP contribution in [0.1, 0.15) is 27.7 Å². The van der Waals surface area contributed by atoms with Gasteiger partial charge in [-0.2, -0.15) is 0 Å². The molecule has 22 heavy (non-hydrogen) atoms. The van der Waals surface area contributed by atoms with Gasteiger partial charge < -0.3 is 24.1 Å². The molecule has 1 N–H and O–H groups in total. The average Bonchev–Trinajstić information content (AvgIpc) is 2.35. The summed E-state index contributed by atoms with van der Waals surface area (Å²) in [6.45, 7) is 3.46. The molecule has 0 amide bonds. The number of hydrogen-bond acceptors (Lipinski definition) is 8. The average molecular weight is 322 g/mol. The Labute approximate surface area is 126 Å². The molecule has 0 bridgehead atoms. The van der Waals surface area contributed by atoms with Gasteiger partial charge in [0.15, 0.2) is 12.2 Å². The van der Waals surface area contributed by atoms with E-state index in [1.165, 1.54) is 0 Å². The first-order valence-corrected chi connectivity index (χ1v) is 6.57. The lowest BCUT2D eigenvalue weighted by molar-refractivity contribution is -0.318. The smallest absolute Gasteiger partial charge is 0.303 e. The largest absolute Gasteiger partial charge is 0.456 e. The lowest BCUT2D eigenvalue weighted by Gasteiger charge is -2.45. The maximum Gasteiger partial charge on any atom is 0.303 e. The molecule has 0 spiro atoms. The third-order valence-electron chi connectivity index (χ3n) is 2.96. The van der Waals surface area contributed by atoms with Crippen molar-refractivity contribution in [1.29, 1.82) is 0 Å². The Hall–Kier alpha value is -1.74. The summed E-state index contributed by atoms with van der Waals surface area (Å²) in [7, 11) is 0. The van der Waals surface area contributed by atoms with Gasteiger partial charge in [0.2, 0.25) is 12.0 Å².